The van der Waals surface area contributed by atoms with Gasteiger partial charge in [0.05, 0.1) is 29.9 Å². The molecule has 11 nitrogen and oxygen atoms in total. The maximum Gasteiger partial charge on any atom is 0.343 e. The van der Waals surface area contributed by atoms with Gasteiger partial charge in [-0.3, -0.25) is 4.79 Å². The highest BCUT2D eigenvalue weighted by Crippen LogP contribution is 2.24. The molecule has 0 radical (unpaired) electrons. The van der Waals surface area contributed by atoms with Crippen LogP contribution < -0.4 is 28.6 Å². The van der Waals surface area contributed by atoms with Gasteiger partial charge in [0.25, 0.3) is 5.91 Å². The number of carbonyl (C=O) groups is 4. The molecule has 0 bridgehead atoms. The summed E-state index contributed by atoms with van der Waals surface area (Å²) in [4.78, 5) is 55.5. The predicted molar refractivity (Wildman–Crippen MR) is 225 cm³/mol. The Hall–Kier alpha value is -6.62. The minimum absolute atomic E-state index is 0.0980. The van der Waals surface area contributed by atoms with Gasteiger partial charge in [-0.25, -0.2) is 14.4 Å². The Morgan fingerprint density at radius 3 is 1.14 bits per heavy atom. The van der Waals surface area contributed by atoms with Crippen molar-refractivity contribution < 1.29 is 42.9 Å². The zero-order valence-corrected chi connectivity index (χ0v) is 33.6. The van der Waals surface area contributed by atoms with E-state index in [1.54, 1.807) is 114 Å². The third-order valence-corrected chi connectivity index (χ3v) is 9.80. The van der Waals surface area contributed by atoms with E-state index in [1.165, 1.54) is 0 Å². The number of anilines is 1. The van der Waals surface area contributed by atoms with Gasteiger partial charge in [-0.2, -0.15) is 0 Å². The van der Waals surface area contributed by atoms with Crippen LogP contribution in [0.4, 0.5) is 5.69 Å². The minimum Gasteiger partial charge on any atom is -0.494 e. The van der Waals surface area contributed by atoms with Crippen LogP contribution in [0.5, 0.6) is 28.7 Å². The van der Waals surface area contributed by atoms with Gasteiger partial charge in [0, 0.05) is 37.4 Å². The standard InChI is InChI=1S/C48H50N2O9/c1-3-5-7-33-55-40-19-11-36(12-20-40)46(52)57-42-23-9-35(10-24-42)45(51)50-31-29-49(30-32-50)39-17-27-44(28-18-39)59-48(54)38-15-25-43(26-16-38)58-47(53)37-13-21-41(22-14-37)56-34-8-6-4-2/h9-28H,3-8,29-34H2,1-2H3. The molecule has 5 aromatic rings. The lowest BCUT2D eigenvalue weighted by atomic mass is 10.1. The number of rotatable bonds is 18. The summed E-state index contributed by atoms with van der Waals surface area (Å²) in [5, 5.41) is 0. The van der Waals surface area contributed by atoms with Gasteiger partial charge in [0.2, 0.25) is 0 Å². The normalized spacial score (nSPS) is 12.4. The number of hydrogen-bond donors (Lipinski definition) is 0. The van der Waals surface area contributed by atoms with Gasteiger partial charge < -0.3 is 33.5 Å². The first-order valence-electron chi connectivity index (χ1n) is 20.3. The number of hydrogen-bond acceptors (Lipinski definition) is 10. The number of nitrogens with zero attached hydrogens (tertiary/aromatic N) is 2. The first kappa shape index (κ1) is 42.0. The van der Waals surface area contributed by atoms with E-state index >= 15 is 0 Å². The molecule has 59 heavy (non-hydrogen) atoms. The number of benzene rings is 5. The van der Waals surface area contributed by atoms with Crippen molar-refractivity contribution in [3.63, 3.8) is 0 Å². The summed E-state index contributed by atoms with van der Waals surface area (Å²) in [6.07, 6.45) is 6.43. The summed E-state index contributed by atoms with van der Waals surface area (Å²) in [5.74, 6) is 0.804. The third kappa shape index (κ3) is 12.2. The van der Waals surface area contributed by atoms with Crippen LogP contribution in [0.15, 0.2) is 121 Å². The average Bonchev–Trinajstić information content (AvgIpc) is 3.27. The van der Waals surface area contributed by atoms with Crippen molar-refractivity contribution in [1.82, 2.24) is 4.90 Å². The molecule has 0 unspecified atom stereocenters. The molecule has 1 fully saturated rings. The highest BCUT2D eigenvalue weighted by Gasteiger charge is 2.23. The predicted octanol–water partition coefficient (Wildman–Crippen LogP) is 9.44. The lowest BCUT2D eigenvalue weighted by molar-refractivity contribution is 0.0722. The Bertz CT molecular complexity index is 2130. The highest BCUT2D eigenvalue weighted by atomic mass is 16.5. The molecule has 306 valence electrons. The van der Waals surface area contributed by atoms with Gasteiger partial charge in [-0.15, -0.1) is 0 Å². The molecule has 0 spiro atoms. The van der Waals surface area contributed by atoms with Gasteiger partial charge in [-0.05, 0) is 134 Å². The topological polar surface area (TPSA) is 121 Å². The summed E-state index contributed by atoms with van der Waals surface area (Å²) in [6.45, 7) is 7.85. The smallest absolute Gasteiger partial charge is 0.343 e. The summed E-state index contributed by atoms with van der Waals surface area (Å²) in [5.41, 5.74) is 2.55. The minimum atomic E-state index is -0.544. The Kier molecular flexibility index (Phi) is 15.1. The van der Waals surface area contributed by atoms with Gasteiger partial charge in [0.15, 0.2) is 0 Å². The molecule has 1 aliphatic heterocycles. The molecule has 0 saturated carbocycles. The largest absolute Gasteiger partial charge is 0.494 e. The van der Waals surface area contributed by atoms with Crippen molar-refractivity contribution in [1.29, 1.82) is 0 Å². The molecule has 5 aromatic carbocycles. The first-order valence-corrected chi connectivity index (χ1v) is 20.3. The van der Waals surface area contributed by atoms with E-state index in [-0.39, 0.29) is 5.91 Å². The summed E-state index contributed by atoms with van der Waals surface area (Å²) >= 11 is 0. The van der Waals surface area contributed by atoms with Crippen molar-refractivity contribution in [3.8, 4) is 28.7 Å². The van der Waals surface area contributed by atoms with Crippen LogP contribution in [0.25, 0.3) is 0 Å². The summed E-state index contributed by atoms with van der Waals surface area (Å²) in [6, 6.07) is 33.7. The highest BCUT2D eigenvalue weighted by molar-refractivity contribution is 5.95. The second kappa shape index (κ2) is 21.2. The van der Waals surface area contributed by atoms with Crippen LogP contribution in [0.1, 0.15) is 93.8 Å². The maximum atomic E-state index is 13.3. The quantitative estimate of drug-likeness (QED) is 0.0482. The second-order valence-corrected chi connectivity index (χ2v) is 14.2. The summed E-state index contributed by atoms with van der Waals surface area (Å²) in [7, 11) is 0. The van der Waals surface area contributed by atoms with Crippen molar-refractivity contribution in [2.45, 2.75) is 52.4 Å². The second-order valence-electron chi connectivity index (χ2n) is 14.2. The van der Waals surface area contributed by atoms with Crippen LogP contribution in [0.2, 0.25) is 0 Å². The Morgan fingerprint density at radius 2 is 0.763 bits per heavy atom. The molecule has 6 rings (SSSR count). The van der Waals surface area contributed by atoms with Crippen molar-refractivity contribution in [2.75, 3.05) is 44.3 Å². The number of ether oxygens (including phenoxy) is 5. The van der Waals surface area contributed by atoms with E-state index in [1.807, 2.05) is 12.1 Å². The molecule has 1 saturated heterocycles. The van der Waals surface area contributed by atoms with Crippen LogP contribution in [-0.4, -0.2) is 68.1 Å². The van der Waals surface area contributed by atoms with E-state index in [4.69, 9.17) is 23.7 Å². The maximum absolute atomic E-state index is 13.3. The van der Waals surface area contributed by atoms with E-state index in [9.17, 15) is 19.2 Å². The van der Waals surface area contributed by atoms with Gasteiger partial charge in [0.1, 0.15) is 28.7 Å². The Balaban J connectivity index is 0.916. The monoisotopic (exact) mass is 798 g/mol. The molecule has 1 aliphatic rings. The van der Waals surface area contributed by atoms with E-state index in [2.05, 4.69) is 18.7 Å². The molecule has 0 aliphatic carbocycles. The van der Waals surface area contributed by atoms with E-state index in [0.29, 0.717) is 90.4 Å². The fourth-order valence-electron chi connectivity index (χ4n) is 6.36. The van der Waals surface area contributed by atoms with Crippen molar-refractivity contribution in [2.24, 2.45) is 0 Å². The van der Waals surface area contributed by atoms with Crippen molar-refractivity contribution in [3.05, 3.63) is 144 Å². The van der Waals surface area contributed by atoms with Crippen LogP contribution in [0.3, 0.4) is 0 Å². The molecule has 1 amide bonds. The van der Waals surface area contributed by atoms with Crippen LogP contribution in [-0.2, 0) is 0 Å². The lowest BCUT2D eigenvalue weighted by Gasteiger charge is -2.36. The molecular formula is C48H50N2O9. The molecule has 1 heterocycles. The van der Waals surface area contributed by atoms with Crippen molar-refractivity contribution >= 4 is 29.5 Å². The van der Waals surface area contributed by atoms with E-state index < -0.39 is 17.9 Å². The van der Waals surface area contributed by atoms with Gasteiger partial charge in [-0.1, -0.05) is 39.5 Å². The number of esters is 3. The number of amides is 1. The molecular weight excluding hydrogens is 749 g/mol. The fraction of sp³-hybridized carbons (Fsp3) is 0.292. The third-order valence-electron chi connectivity index (χ3n) is 9.80. The Labute approximate surface area is 345 Å². The van der Waals surface area contributed by atoms with Crippen LogP contribution in [0, 0.1) is 0 Å². The Morgan fingerprint density at radius 1 is 0.424 bits per heavy atom. The molecule has 0 N–H and O–H groups in total. The van der Waals surface area contributed by atoms with Gasteiger partial charge >= 0.3 is 17.9 Å². The molecule has 0 atom stereocenters. The number of unbranched alkanes of at least 4 members (excludes halogenated alkanes) is 4. The molecule has 11 heteroatoms. The van der Waals surface area contributed by atoms with Crippen LogP contribution >= 0.6 is 0 Å². The fourth-order valence-corrected chi connectivity index (χ4v) is 6.36. The number of carbonyl (C=O) groups excluding carboxylic acids is 4. The molecule has 0 aromatic heterocycles. The lowest BCUT2D eigenvalue weighted by Crippen LogP contribution is -2.48. The summed E-state index contributed by atoms with van der Waals surface area (Å²) < 4.78 is 28.0. The first-order chi connectivity index (χ1) is 28.8. The zero-order valence-electron chi connectivity index (χ0n) is 33.6. The number of piperazine rings is 1. The SMILES string of the molecule is CCCCCOc1ccc(C(=O)Oc2ccc(C(=O)Oc3ccc(N4CCN(C(=O)c5ccc(OC(=O)c6ccc(OCCCCC)cc6)cc5)CC4)cc3)cc2)cc1. The average molecular weight is 799 g/mol. The van der Waals surface area contributed by atoms with E-state index in [0.717, 1.165) is 44.2 Å². The zero-order chi connectivity index (χ0) is 41.4.